The highest BCUT2D eigenvalue weighted by atomic mass is 16.5. The molecular formula is C21H26N4O2. The number of amides is 1. The predicted molar refractivity (Wildman–Crippen MR) is 102 cm³/mol. The Labute approximate surface area is 159 Å². The number of likely N-dealkylation sites (tertiary alicyclic amines) is 1. The number of hydrogen-bond donors (Lipinski definition) is 1. The number of nitrogens with one attached hydrogen (secondary N) is 1. The molecule has 1 atom stereocenters. The lowest BCUT2D eigenvalue weighted by Gasteiger charge is -2.49. The first-order valence-corrected chi connectivity index (χ1v) is 9.90. The van der Waals surface area contributed by atoms with Crippen LogP contribution in [0.25, 0.3) is 0 Å². The van der Waals surface area contributed by atoms with Gasteiger partial charge in [0.1, 0.15) is 11.9 Å². The van der Waals surface area contributed by atoms with Crippen molar-refractivity contribution in [2.45, 2.75) is 44.2 Å². The molecule has 0 unspecified atom stereocenters. The quantitative estimate of drug-likeness (QED) is 0.842. The highest BCUT2D eigenvalue weighted by Crippen LogP contribution is 2.41. The summed E-state index contributed by atoms with van der Waals surface area (Å²) in [4.78, 5) is 25.5. The van der Waals surface area contributed by atoms with Gasteiger partial charge >= 0.3 is 0 Å². The van der Waals surface area contributed by atoms with Gasteiger partial charge in [-0.3, -0.25) is 9.69 Å². The van der Waals surface area contributed by atoms with Crippen molar-refractivity contribution in [3.63, 3.8) is 0 Å². The Morgan fingerprint density at radius 1 is 1.30 bits per heavy atom. The van der Waals surface area contributed by atoms with Crippen LogP contribution in [0.15, 0.2) is 24.5 Å². The van der Waals surface area contributed by atoms with E-state index in [1.807, 2.05) is 29.4 Å². The molecule has 27 heavy (non-hydrogen) atoms. The van der Waals surface area contributed by atoms with E-state index in [2.05, 4.69) is 28.8 Å². The monoisotopic (exact) mass is 366 g/mol. The summed E-state index contributed by atoms with van der Waals surface area (Å²) < 4.78 is 5.76. The van der Waals surface area contributed by atoms with Gasteiger partial charge in [-0.05, 0) is 50.6 Å². The van der Waals surface area contributed by atoms with Crippen molar-refractivity contribution in [3.05, 3.63) is 47.0 Å². The number of benzene rings is 1. The van der Waals surface area contributed by atoms with Crippen molar-refractivity contribution in [3.8, 4) is 5.75 Å². The van der Waals surface area contributed by atoms with Crippen molar-refractivity contribution in [1.82, 2.24) is 19.8 Å². The third-order valence-corrected chi connectivity index (χ3v) is 6.61. The molecule has 142 valence electrons. The maximum absolute atomic E-state index is 13.1. The minimum absolute atomic E-state index is 0.0361. The first kappa shape index (κ1) is 16.8. The van der Waals surface area contributed by atoms with Crippen LogP contribution in [-0.4, -0.2) is 58.5 Å². The fraction of sp³-hybridized carbons (Fsp3) is 0.524. The van der Waals surface area contributed by atoms with Gasteiger partial charge in [-0.15, -0.1) is 0 Å². The second-order valence-electron chi connectivity index (χ2n) is 8.18. The summed E-state index contributed by atoms with van der Waals surface area (Å²) in [5, 5.41) is 0. The third kappa shape index (κ3) is 2.57. The van der Waals surface area contributed by atoms with Gasteiger partial charge < -0.3 is 14.6 Å². The number of H-pyrrole nitrogens is 1. The summed E-state index contributed by atoms with van der Waals surface area (Å²) >= 11 is 0. The number of nitrogens with zero attached hydrogens (tertiary/aromatic N) is 3. The fourth-order valence-corrected chi connectivity index (χ4v) is 5.02. The zero-order chi connectivity index (χ0) is 18.6. The minimum Gasteiger partial charge on any atom is -0.490 e. The zero-order valence-electron chi connectivity index (χ0n) is 16.0. The van der Waals surface area contributed by atoms with Gasteiger partial charge in [0.15, 0.2) is 0 Å². The van der Waals surface area contributed by atoms with Crippen LogP contribution in [0.2, 0.25) is 0 Å². The number of imidazole rings is 1. The second kappa shape index (κ2) is 6.09. The van der Waals surface area contributed by atoms with Crippen LogP contribution in [0.1, 0.15) is 47.1 Å². The summed E-state index contributed by atoms with van der Waals surface area (Å²) in [6, 6.07) is 5.87. The van der Waals surface area contributed by atoms with Crippen LogP contribution in [0, 0.1) is 0 Å². The second-order valence-corrected chi connectivity index (χ2v) is 8.18. The normalized spacial score (nSPS) is 23.8. The van der Waals surface area contributed by atoms with Crippen LogP contribution in [-0.2, 0) is 18.4 Å². The SMILES string of the molecule is C[C@H]1Cc2cc(C(=O)N3CCC4(CC3)c3nc[nH]c3CCN4C)ccc2O1. The number of likely N-dealkylation sites (N-methyl/N-ethyl adjacent to an activating group) is 1. The Bertz CT molecular complexity index is 882. The van der Waals surface area contributed by atoms with Gasteiger partial charge in [-0.1, -0.05) is 0 Å². The van der Waals surface area contributed by atoms with Gasteiger partial charge in [-0.25, -0.2) is 4.98 Å². The highest BCUT2D eigenvalue weighted by Gasteiger charge is 2.45. The van der Waals surface area contributed by atoms with Gasteiger partial charge in [-0.2, -0.15) is 0 Å². The summed E-state index contributed by atoms with van der Waals surface area (Å²) in [5.41, 5.74) is 4.34. The molecule has 1 N–H and O–H groups in total. The summed E-state index contributed by atoms with van der Waals surface area (Å²) in [7, 11) is 2.19. The van der Waals surface area contributed by atoms with E-state index in [9.17, 15) is 4.79 Å². The molecule has 1 amide bonds. The maximum Gasteiger partial charge on any atom is 0.253 e. The molecule has 1 fully saturated rings. The Kier molecular flexibility index (Phi) is 3.79. The lowest BCUT2D eigenvalue weighted by molar-refractivity contribution is 0.0225. The van der Waals surface area contributed by atoms with Crippen molar-refractivity contribution >= 4 is 5.91 Å². The molecule has 1 aromatic carbocycles. The molecule has 6 heteroatoms. The van der Waals surface area contributed by atoms with E-state index in [0.29, 0.717) is 0 Å². The van der Waals surface area contributed by atoms with Crippen LogP contribution in [0.4, 0.5) is 0 Å². The molecule has 0 radical (unpaired) electrons. The number of rotatable bonds is 1. The van der Waals surface area contributed by atoms with E-state index in [4.69, 9.17) is 4.74 Å². The van der Waals surface area contributed by atoms with Crippen molar-refractivity contribution in [1.29, 1.82) is 0 Å². The molecule has 1 aromatic heterocycles. The van der Waals surface area contributed by atoms with Gasteiger partial charge in [0, 0.05) is 43.7 Å². The molecule has 0 aliphatic carbocycles. The largest absolute Gasteiger partial charge is 0.490 e. The number of aromatic amines is 1. The lowest BCUT2D eigenvalue weighted by atomic mass is 9.79. The van der Waals surface area contributed by atoms with Gasteiger partial charge in [0.25, 0.3) is 5.91 Å². The van der Waals surface area contributed by atoms with E-state index < -0.39 is 0 Å². The van der Waals surface area contributed by atoms with E-state index in [-0.39, 0.29) is 17.6 Å². The maximum atomic E-state index is 13.1. The van der Waals surface area contributed by atoms with Crippen LogP contribution >= 0.6 is 0 Å². The zero-order valence-corrected chi connectivity index (χ0v) is 16.0. The summed E-state index contributed by atoms with van der Waals surface area (Å²) in [5.74, 6) is 1.06. The molecule has 1 spiro atoms. The number of ether oxygens (including phenoxy) is 1. The Morgan fingerprint density at radius 3 is 2.93 bits per heavy atom. The number of hydrogen-bond acceptors (Lipinski definition) is 4. The highest BCUT2D eigenvalue weighted by molar-refractivity contribution is 5.94. The Morgan fingerprint density at radius 2 is 2.11 bits per heavy atom. The van der Waals surface area contributed by atoms with Crippen molar-refractivity contribution < 1.29 is 9.53 Å². The number of piperidine rings is 1. The van der Waals surface area contributed by atoms with E-state index >= 15 is 0 Å². The van der Waals surface area contributed by atoms with E-state index in [0.717, 1.165) is 62.2 Å². The topological polar surface area (TPSA) is 61.5 Å². The number of carbonyl (C=O) groups is 1. The smallest absolute Gasteiger partial charge is 0.253 e. The van der Waals surface area contributed by atoms with E-state index in [1.54, 1.807) is 0 Å². The third-order valence-electron chi connectivity index (χ3n) is 6.61. The van der Waals surface area contributed by atoms with Crippen LogP contribution in [0.3, 0.4) is 0 Å². The number of fused-ring (bicyclic) bond motifs is 3. The fourth-order valence-electron chi connectivity index (χ4n) is 5.02. The van der Waals surface area contributed by atoms with Gasteiger partial charge in [0.2, 0.25) is 0 Å². The molecule has 2 aromatic rings. The summed E-state index contributed by atoms with van der Waals surface area (Å²) in [6.07, 6.45) is 5.77. The Balaban J connectivity index is 1.34. The Hall–Kier alpha value is -2.34. The first-order valence-electron chi connectivity index (χ1n) is 9.90. The van der Waals surface area contributed by atoms with Gasteiger partial charge in [0.05, 0.1) is 17.6 Å². The standard InChI is InChI=1S/C21H26N4O2/c1-14-11-16-12-15(3-4-18(16)27-14)20(26)25-9-6-21(7-10-25)19-17(22-13-23-19)5-8-24(21)2/h3-4,12-14H,5-11H2,1-2H3,(H,22,23)/t14-/m0/s1. The minimum atomic E-state index is -0.0361. The lowest BCUT2D eigenvalue weighted by Crippen LogP contribution is -2.55. The van der Waals surface area contributed by atoms with Crippen molar-refractivity contribution in [2.75, 3.05) is 26.7 Å². The molecular weight excluding hydrogens is 340 g/mol. The molecule has 0 saturated carbocycles. The molecule has 5 rings (SSSR count). The average molecular weight is 366 g/mol. The molecule has 0 bridgehead atoms. The average Bonchev–Trinajstić information content (AvgIpc) is 3.30. The van der Waals surface area contributed by atoms with Crippen LogP contribution < -0.4 is 4.74 Å². The molecule has 6 nitrogen and oxygen atoms in total. The van der Waals surface area contributed by atoms with E-state index in [1.165, 1.54) is 11.4 Å². The molecule has 1 saturated heterocycles. The molecule has 3 aliphatic heterocycles. The predicted octanol–water partition coefficient (Wildman–Crippen LogP) is 2.35. The first-order chi connectivity index (χ1) is 13.1. The van der Waals surface area contributed by atoms with Crippen LogP contribution in [0.5, 0.6) is 5.75 Å². The molecule has 4 heterocycles. The number of carbonyl (C=O) groups excluding carboxylic acids is 1. The number of aromatic nitrogens is 2. The molecule has 3 aliphatic rings. The van der Waals surface area contributed by atoms with Crippen molar-refractivity contribution in [2.24, 2.45) is 0 Å². The summed E-state index contributed by atoms with van der Waals surface area (Å²) in [6.45, 7) is 4.63.